The number of aromatic nitrogens is 1. The van der Waals surface area contributed by atoms with Crippen molar-refractivity contribution in [2.24, 2.45) is 5.92 Å². The van der Waals surface area contributed by atoms with E-state index in [0.29, 0.717) is 58.2 Å². The Labute approximate surface area is 228 Å². The molecule has 1 unspecified atom stereocenters. The maximum absolute atomic E-state index is 13.0. The van der Waals surface area contributed by atoms with E-state index < -0.39 is 0 Å². The number of methoxy groups -OCH3 is 2. The van der Waals surface area contributed by atoms with E-state index in [1.54, 1.807) is 26.2 Å². The van der Waals surface area contributed by atoms with Crippen LogP contribution in [-0.2, 0) is 17.8 Å². The predicted octanol–water partition coefficient (Wildman–Crippen LogP) is 2.77. The van der Waals surface area contributed by atoms with Gasteiger partial charge in [0.15, 0.2) is 11.5 Å². The van der Waals surface area contributed by atoms with Gasteiger partial charge in [-0.25, -0.2) is 0 Å². The zero-order chi connectivity index (χ0) is 27.0. The number of benzene rings is 1. The third kappa shape index (κ3) is 5.53. The van der Waals surface area contributed by atoms with E-state index >= 15 is 0 Å². The summed E-state index contributed by atoms with van der Waals surface area (Å²) in [7, 11) is 3.28. The lowest BCUT2D eigenvalue weighted by atomic mass is 9.81. The molecule has 2 fully saturated rings. The average Bonchev–Trinajstić information content (AvgIpc) is 2.88. The summed E-state index contributed by atoms with van der Waals surface area (Å²) < 4.78 is 23.4. The van der Waals surface area contributed by atoms with Crippen molar-refractivity contribution in [3.05, 3.63) is 55.1 Å². The first-order chi connectivity index (χ1) is 18.3. The SMILES string of the molecule is COc1cc(C)[nH]c(=O)c1C[NH+]([O-])Cc1cc(Cl)c2c(c1C)O[C@H](C1CCC(N3CC(OC)C3)CC1)CO2. The van der Waals surface area contributed by atoms with Crippen molar-refractivity contribution in [2.45, 2.75) is 70.9 Å². The van der Waals surface area contributed by atoms with Crippen LogP contribution >= 0.6 is 11.6 Å². The third-order valence-corrected chi connectivity index (χ3v) is 8.69. The largest absolute Gasteiger partial charge is 0.634 e. The fourth-order valence-corrected chi connectivity index (χ4v) is 6.33. The number of ether oxygens (including phenoxy) is 4. The Morgan fingerprint density at radius 3 is 2.55 bits per heavy atom. The molecule has 1 saturated carbocycles. The second kappa shape index (κ2) is 11.4. The molecule has 9 nitrogen and oxygen atoms in total. The lowest BCUT2D eigenvalue weighted by molar-refractivity contribution is -0.877. The minimum Gasteiger partial charge on any atom is -0.634 e. The number of rotatable bonds is 8. The van der Waals surface area contributed by atoms with Crippen molar-refractivity contribution in [1.29, 1.82) is 0 Å². The van der Waals surface area contributed by atoms with Gasteiger partial charge < -0.3 is 34.2 Å². The zero-order valence-electron chi connectivity index (χ0n) is 22.6. The lowest BCUT2D eigenvalue weighted by Gasteiger charge is -2.46. The van der Waals surface area contributed by atoms with Gasteiger partial charge in [0.05, 0.1) is 18.2 Å². The highest BCUT2D eigenvalue weighted by atomic mass is 35.5. The molecule has 0 bridgehead atoms. The Balaban J connectivity index is 1.25. The number of aromatic amines is 1. The van der Waals surface area contributed by atoms with Gasteiger partial charge in [-0.05, 0) is 57.6 Å². The summed E-state index contributed by atoms with van der Waals surface area (Å²) >= 11 is 6.58. The van der Waals surface area contributed by atoms with Gasteiger partial charge in [0, 0.05) is 43.1 Å². The van der Waals surface area contributed by atoms with Crippen molar-refractivity contribution in [3.63, 3.8) is 0 Å². The highest BCUT2D eigenvalue weighted by Gasteiger charge is 2.38. The molecule has 38 heavy (non-hydrogen) atoms. The van der Waals surface area contributed by atoms with Crippen LogP contribution in [0.25, 0.3) is 0 Å². The Morgan fingerprint density at radius 2 is 1.87 bits per heavy atom. The number of nitrogens with one attached hydrogen (secondary N) is 2. The van der Waals surface area contributed by atoms with Gasteiger partial charge in [-0.3, -0.25) is 9.69 Å². The second-order valence-electron chi connectivity index (χ2n) is 10.9. The van der Waals surface area contributed by atoms with Crippen LogP contribution in [0.2, 0.25) is 5.02 Å². The molecule has 2 atom stereocenters. The number of fused-ring (bicyclic) bond motifs is 1. The number of pyridine rings is 1. The highest BCUT2D eigenvalue weighted by Crippen LogP contribution is 2.45. The first kappa shape index (κ1) is 27.3. The molecule has 1 aromatic carbocycles. The molecule has 5 rings (SSSR count). The quantitative estimate of drug-likeness (QED) is 0.490. The van der Waals surface area contributed by atoms with Gasteiger partial charge in [-0.1, -0.05) is 11.6 Å². The standard InChI is InChI=1S/C28H38ClN3O6/c1-16-9-24(36-4)22(28(33)30-16)14-32(34)11-19-10-23(29)27-26(17(19)2)38-25(15-37-27)18-5-7-20(8-6-18)31-12-21(13-31)35-3/h9-10,18,20-21,25,32H,5-8,11-15H2,1-4H3,(H,30,33)/t18?,20?,25-/m0/s1. The van der Waals surface area contributed by atoms with E-state index in [9.17, 15) is 10.0 Å². The maximum atomic E-state index is 13.0. The lowest BCUT2D eigenvalue weighted by Crippen LogP contribution is -3.04. The molecule has 2 aliphatic heterocycles. The highest BCUT2D eigenvalue weighted by molar-refractivity contribution is 6.32. The third-order valence-electron chi connectivity index (χ3n) is 8.41. The first-order valence-corrected chi connectivity index (χ1v) is 13.8. The second-order valence-corrected chi connectivity index (χ2v) is 11.3. The Bertz CT molecular complexity index is 1210. The summed E-state index contributed by atoms with van der Waals surface area (Å²) in [5.74, 6) is 2.02. The van der Waals surface area contributed by atoms with Crippen molar-refractivity contribution in [3.8, 4) is 17.2 Å². The number of quaternary nitrogens is 1. The molecular weight excluding hydrogens is 510 g/mol. The molecule has 2 N–H and O–H groups in total. The summed E-state index contributed by atoms with van der Waals surface area (Å²) in [6.07, 6.45) is 4.85. The summed E-state index contributed by atoms with van der Waals surface area (Å²) in [5, 5.41) is 13.4. The van der Waals surface area contributed by atoms with Gasteiger partial charge in [-0.15, -0.1) is 0 Å². The number of hydrogen-bond donors (Lipinski definition) is 2. The molecule has 10 heteroatoms. The van der Waals surface area contributed by atoms with Crippen molar-refractivity contribution in [2.75, 3.05) is 33.9 Å². The average molecular weight is 548 g/mol. The molecule has 0 spiro atoms. The Kier molecular flexibility index (Phi) is 8.21. The molecule has 0 radical (unpaired) electrons. The van der Waals surface area contributed by atoms with Crippen LogP contribution < -0.4 is 24.8 Å². The van der Waals surface area contributed by atoms with Crippen LogP contribution in [0.5, 0.6) is 17.2 Å². The molecule has 208 valence electrons. The smallest absolute Gasteiger partial charge is 0.260 e. The molecule has 1 aromatic heterocycles. The van der Waals surface area contributed by atoms with Gasteiger partial charge in [-0.2, -0.15) is 0 Å². The summed E-state index contributed by atoms with van der Waals surface area (Å²) in [6.45, 7) is 6.36. The summed E-state index contributed by atoms with van der Waals surface area (Å²) in [5.41, 5.74) is 2.33. The normalized spacial score (nSPS) is 24.6. The van der Waals surface area contributed by atoms with E-state index in [1.807, 2.05) is 6.92 Å². The fraction of sp³-hybridized carbons (Fsp3) is 0.607. The predicted molar refractivity (Wildman–Crippen MR) is 144 cm³/mol. The topological polar surface area (TPSA) is 101 Å². The van der Waals surface area contributed by atoms with E-state index in [4.69, 9.17) is 30.5 Å². The molecule has 3 heterocycles. The first-order valence-electron chi connectivity index (χ1n) is 13.4. The van der Waals surface area contributed by atoms with Crippen LogP contribution in [0.3, 0.4) is 0 Å². The minimum absolute atomic E-state index is 0.0295. The van der Waals surface area contributed by atoms with Gasteiger partial charge >= 0.3 is 0 Å². The number of hydrogen-bond acceptors (Lipinski definition) is 7. The van der Waals surface area contributed by atoms with Crippen molar-refractivity contribution in [1.82, 2.24) is 9.88 Å². The molecule has 3 aliphatic rings. The number of likely N-dealkylation sites (tertiary alicyclic amines) is 1. The van der Waals surface area contributed by atoms with Crippen LogP contribution in [0.15, 0.2) is 16.9 Å². The maximum Gasteiger partial charge on any atom is 0.260 e. The number of halogens is 1. The van der Waals surface area contributed by atoms with Crippen LogP contribution in [0, 0.1) is 25.0 Å². The number of nitrogens with zero attached hydrogens (tertiary/aromatic N) is 1. The number of aryl methyl sites for hydroxylation is 1. The van der Waals surface area contributed by atoms with Crippen LogP contribution in [0.4, 0.5) is 0 Å². The van der Waals surface area contributed by atoms with Gasteiger partial charge in [0.25, 0.3) is 5.56 Å². The summed E-state index contributed by atoms with van der Waals surface area (Å²) in [4.78, 5) is 17.7. The van der Waals surface area contributed by atoms with Crippen molar-refractivity contribution < 1.29 is 24.0 Å². The van der Waals surface area contributed by atoms with E-state index in [2.05, 4.69) is 9.88 Å². The molecule has 0 amide bonds. The van der Waals surface area contributed by atoms with Gasteiger partial charge in [0.1, 0.15) is 37.1 Å². The zero-order valence-corrected chi connectivity index (χ0v) is 23.4. The number of hydroxylamine groups is 2. The summed E-state index contributed by atoms with van der Waals surface area (Å²) in [6, 6.07) is 4.13. The van der Waals surface area contributed by atoms with Crippen LogP contribution in [0.1, 0.15) is 48.1 Å². The van der Waals surface area contributed by atoms with Crippen LogP contribution in [-0.4, -0.2) is 62.0 Å². The van der Waals surface area contributed by atoms with E-state index in [-0.39, 0.29) is 29.8 Å². The minimum atomic E-state index is -0.308. The molecule has 1 saturated heterocycles. The molecular formula is C28H38ClN3O6. The Hall–Kier alpha value is -2.30. The Morgan fingerprint density at radius 1 is 1.13 bits per heavy atom. The number of H-pyrrole nitrogens is 1. The molecule has 2 aromatic rings. The van der Waals surface area contributed by atoms with E-state index in [0.717, 1.165) is 49.9 Å². The van der Waals surface area contributed by atoms with Gasteiger partial charge in [0.2, 0.25) is 0 Å². The monoisotopic (exact) mass is 547 g/mol. The molecule has 1 aliphatic carbocycles. The fourth-order valence-electron chi connectivity index (χ4n) is 6.06. The van der Waals surface area contributed by atoms with Crippen molar-refractivity contribution >= 4 is 11.6 Å². The van der Waals surface area contributed by atoms with E-state index in [1.165, 1.54) is 7.11 Å².